The number of nitrogens with two attached hydrogens (primary N) is 1. The van der Waals surface area contributed by atoms with E-state index in [0.29, 0.717) is 22.7 Å². The van der Waals surface area contributed by atoms with E-state index in [2.05, 4.69) is 4.74 Å². The van der Waals surface area contributed by atoms with Gasteiger partial charge in [0.15, 0.2) is 6.10 Å². The lowest BCUT2D eigenvalue weighted by Gasteiger charge is -2.14. The Balaban J connectivity index is 3.21. The standard InChI is InChI=1S/C11H15NO5/c1-15-7-4-6(10(13)11(14)17-3)5-8(16-2)9(7)12/h4-5,10,13H,12H2,1-3H3. The van der Waals surface area contributed by atoms with E-state index >= 15 is 0 Å². The summed E-state index contributed by atoms with van der Waals surface area (Å²) in [6, 6.07) is 2.92. The van der Waals surface area contributed by atoms with Crippen LogP contribution in [0.15, 0.2) is 12.1 Å². The Morgan fingerprint density at radius 3 is 2.06 bits per heavy atom. The molecule has 0 aliphatic heterocycles. The van der Waals surface area contributed by atoms with Crippen molar-refractivity contribution in [3.8, 4) is 11.5 Å². The van der Waals surface area contributed by atoms with Gasteiger partial charge in [-0.15, -0.1) is 0 Å². The van der Waals surface area contributed by atoms with Gasteiger partial charge in [0, 0.05) is 0 Å². The summed E-state index contributed by atoms with van der Waals surface area (Å²) in [4.78, 5) is 11.2. The third-order valence-electron chi connectivity index (χ3n) is 2.31. The summed E-state index contributed by atoms with van der Waals surface area (Å²) in [5.74, 6) is -0.122. The van der Waals surface area contributed by atoms with Crippen LogP contribution in [-0.4, -0.2) is 32.4 Å². The van der Waals surface area contributed by atoms with Crippen LogP contribution in [0.4, 0.5) is 5.69 Å². The molecule has 0 aliphatic carbocycles. The van der Waals surface area contributed by atoms with Gasteiger partial charge in [-0.25, -0.2) is 4.79 Å². The van der Waals surface area contributed by atoms with E-state index in [1.165, 1.54) is 33.5 Å². The zero-order valence-corrected chi connectivity index (χ0v) is 9.89. The minimum Gasteiger partial charge on any atom is -0.494 e. The first kappa shape index (κ1) is 13.1. The van der Waals surface area contributed by atoms with E-state index in [1.54, 1.807) is 0 Å². The molecule has 0 saturated heterocycles. The summed E-state index contributed by atoms with van der Waals surface area (Å²) in [6.07, 6.45) is -1.40. The highest BCUT2D eigenvalue weighted by Gasteiger charge is 2.21. The molecule has 0 heterocycles. The van der Waals surface area contributed by atoms with Crippen LogP contribution in [0.3, 0.4) is 0 Å². The summed E-state index contributed by atoms with van der Waals surface area (Å²) in [7, 11) is 4.05. The fraction of sp³-hybridized carbons (Fsp3) is 0.364. The molecular weight excluding hydrogens is 226 g/mol. The van der Waals surface area contributed by atoms with Gasteiger partial charge in [-0.3, -0.25) is 0 Å². The Morgan fingerprint density at radius 2 is 1.71 bits per heavy atom. The highest BCUT2D eigenvalue weighted by Crippen LogP contribution is 2.35. The molecule has 1 atom stereocenters. The molecule has 0 bridgehead atoms. The van der Waals surface area contributed by atoms with Crippen molar-refractivity contribution < 1.29 is 24.1 Å². The summed E-state index contributed by atoms with van der Waals surface area (Å²) in [5, 5.41) is 9.69. The molecule has 17 heavy (non-hydrogen) atoms. The van der Waals surface area contributed by atoms with Crippen molar-refractivity contribution >= 4 is 11.7 Å². The maximum atomic E-state index is 11.2. The van der Waals surface area contributed by atoms with Crippen molar-refractivity contribution in [1.29, 1.82) is 0 Å². The van der Waals surface area contributed by atoms with Gasteiger partial charge in [0.1, 0.15) is 17.2 Å². The van der Waals surface area contributed by atoms with Crippen LogP contribution in [0, 0.1) is 0 Å². The predicted molar refractivity (Wildman–Crippen MR) is 60.9 cm³/mol. The number of ether oxygens (including phenoxy) is 3. The van der Waals surface area contributed by atoms with E-state index in [0.717, 1.165) is 0 Å². The number of aliphatic hydroxyl groups excluding tert-OH is 1. The van der Waals surface area contributed by atoms with Gasteiger partial charge in [-0.2, -0.15) is 0 Å². The average Bonchev–Trinajstić information content (AvgIpc) is 2.37. The second-order valence-electron chi connectivity index (χ2n) is 3.26. The molecule has 1 aromatic carbocycles. The minimum absolute atomic E-state index is 0.291. The van der Waals surface area contributed by atoms with Crippen LogP contribution in [0.25, 0.3) is 0 Å². The molecule has 0 spiro atoms. The van der Waals surface area contributed by atoms with Gasteiger partial charge in [0.05, 0.1) is 21.3 Å². The molecule has 0 aliphatic rings. The number of anilines is 1. The molecule has 6 heteroatoms. The van der Waals surface area contributed by atoms with E-state index in [9.17, 15) is 9.90 Å². The molecule has 0 radical (unpaired) electrons. The van der Waals surface area contributed by atoms with Crippen LogP contribution >= 0.6 is 0 Å². The SMILES string of the molecule is COC(=O)C(O)c1cc(OC)c(N)c(OC)c1. The van der Waals surface area contributed by atoms with E-state index in [1.807, 2.05) is 0 Å². The van der Waals surface area contributed by atoms with Crippen LogP contribution in [0.1, 0.15) is 11.7 Å². The van der Waals surface area contributed by atoms with Crippen molar-refractivity contribution in [2.75, 3.05) is 27.1 Å². The number of aliphatic hydroxyl groups is 1. The first-order valence-corrected chi connectivity index (χ1v) is 4.82. The number of benzene rings is 1. The second-order valence-corrected chi connectivity index (χ2v) is 3.26. The number of carbonyl (C=O) groups excluding carboxylic acids is 1. The van der Waals surface area contributed by atoms with Gasteiger partial charge >= 0.3 is 5.97 Å². The van der Waals surface area contributed by atoms with Crippen molar-refractivity contribution in [1.82, 2.24) is 0 Å². The first-order chi connectivity index (χ1) is 8.04. The fourth-order valence-electron chi connectivity index (χ4n) is 1.36. The van der Waals surface area contributed by atoms with Crippen molar-refractivity contribution in [3.63, 3.8) is 0 Å². The predicted octanol–water partition coefficient (Wildman–Crippen LogP) is 0.492. The van der Waals surface area contributed by atoms with Crippen molar-refractivity contribution in [3.05, 3.63) is 17.7 Å². The topological polar surface area (TPSA) is 91.0 Å². The zero-order valence-electron chi connectivity index (χ0n) is 9.89. The Hall–Kier alpha value is -1.95. The summed E-state index contributed by atoms with van der Waals surface area (Å²) >= 11 is 0. The molecule has 1 rings (SSSR count). The number of esters is 1. The van der Waals surface area contributed by atoms with E-state index in [4.69, 9.17) is 15.2 Å². The highest BCUT2D eigenvalue weighted by molar-refractivity contribution is 5.77. The lowest BCUT2D eigenvalue weighted by molar-refractivity contribution is -0.150. The monoisotopic (exact) mass is 241 g/mol. The smallest absolute Gasteiger partial charge is 0.339 e. The van der Waals surface area contributed by atoms with Gasteiger partial charge in [-0.05, 0) is 17.7 Å². The molecule has 1 aromatic rings. The van der Waals surface area contributed by atoms with Crippen LogP contribution in [0.5, 0.6) is 11.5 Å². The lowest BCUT2D eigenvalue weighted by Crippen LogP contribution is -2.14. The van der Waals surface area contributed by atoms with Crippen LogP contribution < -0.4 is 15.2 Å². The normalized spacial score (nSPS) is 11.8. The van der Waals surface area contributed by atoms with Crippen molar-refractivity contribution in [2.45, 2.75) is 6.10 Å². The number of hydrogen-bond donors (Lipinski definition) is 2. The third kappa shape index (κ3) is 2.59. The highest BCUT2D eigenvalue weighted by atomic mass is 16.5. The van der Waals surface area contributed by atoms with Gasteiger partial charge < -0.3 is 25.1 Å². The summed E-state index contributed by atoms with van der Waals surface area (Å²) in [5.41, 5.74) is 6.33. The maximum absolute atomic E-state index is 11.2. The van der Waals surface area contributed by atoms with E-state index < -0.39 is 12.1 Å². The molecule has 1 unspecified atom stereocenters. The van der Waals surface area contributed by atoms with Crippen LogP contribution in [-0.2, 0) is 9.53 Å². The Labute approximate surface area is 98.9 Å². The molecule has 0 amide bonds. The van der Waals surface area contributed by atoms with Crippen LogP contribution in [0.2, 0.25) is 0 Å². The number of rotatable bonds is 4. The zero-order chi connectivity index (χ0) is 13.0. The van der Waals surface area contributed by atoms with E-state index in [-0.39, 0.29) is 0 Å². The number of hydrogen-bond acceptors (Lipinski definition) is 6. The average molecular weight is 241 g/mol. The molecule has 0 fully saturated rings. The Kier molecular flexibility index (Phi) is 4.17. The van der Waals surface area contributed by atoms with Crippen molar-refractivity contribution in [2.24, 2.45) is 0 Å². The summed E-state index contributed by atoms with van der Waals surface area (Å²) in [6.45, 7) is 0. The first-order valence-electron chi connectivity index (χ1n) is 4.82. The Bertz CT molecular complexity index is 393. The molecule has 94 valence electrons. The van der Waals surface area contributed by atoms with Gasteiger partial charge in [0.2, 0.25) is 0 Å². The second kappa shape index (κ2) is 5.40. The number of carbonyl (C=O) groups is 1. The maximum Gasteiger partial charge on any atom is 0.339 e. The number of nitrogen functional groups attached to an aromatic ring is 1. The summed E-state index contributed by atoms with van der Waals surface area (Å²) < 4.78 is 14.5. The minimum atomic E-state index is -1.40. The van der Waals surface area contributed by atoms with Gasteiger partial charge in [-0.1, -0.05) is 0 Å². The Morgan fingerprint density at radius 1 is 1.24 bits per heavy atom. The lowest BCUT2D eigenvalue weighted by atomic mass is 10.1. The quantitative estimate of drug-likeness (QED) is 0.589. The molecule has 3 N–H and O–H groups in total. The van der Waals surface area contributed by atoms with Gasteiger partial charge in [0.25, 0.3) is 0 Å². The molecular formula is C11H15NO5. The molecule has 6 nitrogen and oxygen atoms in total. The molecule has 0 aromatic heterocycles. The fourth-order valence-corrected chi connectivity index (χ4v) is 1.36. The third-order valence-corrected chi connectivity index (χ3v) is 2.31. The number of methoxy groups -OCH3 is 3. The molecule has 0 saturated carbocycles. The largest absolute Gasteiger partial charge is 0.494 e.